The summed E-state index contributed by atoms with van der Waals surface area (Å²) in [6.45, 7) is 6.65. The van der Waals surface area contributed by atoms with Crippen LogP contribution in [0.2, 0.25) is 0 Å². The summed E-state index contributed by atoms with van der Waals surface area (Å²) in [5.74, 6) is 1.57. The molecule has 0 aliphatic rings. The van der Waals surface area contributed by atoms with Crippen LogP contribution < -0.4 is 4.74 Å². The Kier molecular flexibility index (Phi) is 4.98. The van der Waals surface area contributed by atoms with Gasteiger partial charge >= 0.3 is 0 Å². The van der Waals surface area contributed by atoms with Crippen molar-refractivity contribution in [2.24, 2.45) is 0 Å². The third-order valence-corrected chi connectivity index (χ3v) is 7.20. The van der Waals surface area contributed by atoms with Crippen molar-refractivity contribution in [3.8, 4) is 22.8 Å². The molecule has 0 amide bonds. The SMILES string of the molecule is CC(C)(C)c1cc(Oc2ccc3c4ccccc4n4c5ccccc5nc4c3c2)cc(-c2ccccn2)c1. The first-order valence-electron chi connectivity index (χ1n) is 12.9. The van der Waals surface area contributed by atoms with Crippen molar-refractivity contribution >= 4 is 38.4 Å². The highest BCUT2D eigenvalue weighted by atomic mass is 16.5. The zero-order valence-electron chi connectivity index (χ0n) is 21.6. The van der Waals surface area contributed by atoms with Gasteiger partial charge in [-0.2, -0.15) is 0 Å². The molecule has 0 aliphatic heterocycles. The molecule has 0 radical (unpaired) electrons. The number of rotatable bonds is 3. The van der Waals surface area contributed by atoms with Crippen LogP contribution >= 0.6 is 0 Å². The quantitative estimate of drug-likeness (QED) is 0.231. The third kappa shape index (κ3) is 3.69. The second-order valence-electron chi connectivity index (χ2n) is 10.8. The van der Waals surface area contributed by atoms with E-state index in [1.807, 2.05) is 30.5 Å². The molecule has 0 bridgehead atoms. The minimum Gasteiger partial charge on any atom is -0.457 e. The molecule has 184 valence electrons. The van der Waals surface area contributed by atoms with Gasteiger partial charge in [0, 0.05) is 22.5 Å². The molecule has 7 aromatic rings. The minimum atomic E-state index is -0.0344. The molecule has 0 spiro atoms. The number of fused-ring (bicyclic) bond motifs is 8. The van der Waals surface area contributed by atoms with Gasteiger partial charge in [-0.15, -0.1) is 0 Å². The van der Waals surface area contributed by atoms with Crippen molar-refractivity contribution in [2.75, 3.05) is 0 Å². The fourth-order valence-electron chi connectivity index (χ4n) is 5.26. The van der Waals surface area contributed by atoms with Crippen molar-refractivity contribution in [3.05, 3.63) is 115 Å². The average molecular weight is 494 g/mol. The summed E-state index contributed by atoms with van der Waals surface area (Å²) in [6.07, 6.45) is 1.83. The topological polar surface area (TPSA) is 39.4 Å². The summed E-state index contributed by atoms with van der Waals surface area (Å²) in [7, 11) is 0. The van der Waals surface area contributed by atoms with Gasteiger partial charge in [-0.05, 0) is 83.1 Å². The lowest BCUT2D eigenvalue weighted by molar-refractivity contribution is 0.479. The summed E-state index contributed by atoms with van der Waals surface area (Å²) in [5.41, 5.74) is 7.30. The van der Waals surface area contributed by atoms with Crippen molar-refractivity contribution in [1.29, 1.82) is 0 Å². The molecule has 0 fully saturated rings. The number of ether oxygens (including phenoxy) is 1. The number of para-hydroxylation sites is 3. The molecule has 0 unspecified atom stereocenters. The summed E-state index contributed by atoms with van der Waals surface area (Å²) in [4.78, 5) is 9.62. The molecule has 4 heteroatoms. The largest absolute Gasteiger partial charge is 0.457 e. The number of hydrogen-bond acceptors (Lipinski definition) is 3. The van der Waals surface area contributed by atoms with Crippen LogP contribution in [0.5, 0.6) is 11.5 Å². The third-order valence-electron chi connectivity index (χ3n) is 7.20. The molecule has 4 aromatic carbocycles. The van der Waals surface area contributed by atoms with E-state index in [1.54, 1.807) is 0 Å². The van der Waals surface area contributed by atoms with E-state index >= 15 is 0 Å². The molecule has 38 heavy (non-hydrogen) atoms. The molecule has 0 saturated heterocycles. The van der Waals surface area contributed by atoms with Gasteiger partial charge in [0.15, 0.2) is 0 Å². The van der Waals surface area contributed by atoms with E-state index in [0.717, 1.165) is 55.7 Å². The maximum Gasteiger partial charge on any atom is 0.146 e. The average Bonchev–Trinajstić information content (AvgIpc) is 3.33. The van der Waals surface area contributed by atoms with Gasteiger partial charge in [-0.25, -0.2) is 4.98 Å². The Morgan fingerprint density at radius 3 is 2.26 bits per heavy atom. The van der Waals surface area contributed by atoms with Crippen LogP contribution in [0.15, 0.2) is 109 Å². The molecule has 0 saturated carbocycles. The number of aromatic nitrogens is 3. The monoisotopic (exact) mass is 493 g/mol. The maximum atomic E-state index is 6.55. The molecular formula is C34H27N3O. The Morgan fingerprint density at radius 2 is 1.45 bits per heavy atom. The normalized spacial score (nSPS) is 12.1. The number of benzene rings is 4. The highest BCUT2D eigenvalue weighted by molar-refractivity contribution is 6.14. The van der Waals surface area contributed by atoms with E-state index in [2.05, 4.69) is 109 Å². The van der Waals surface area contributed by atoms with E-state index in [1.165, 1.54) is 10.9 Å². The number of pyridine rings is 2. The van der Waals surface area contributed by atoms with E-state index < -0.39 is 0 Å². The van der Waals surface area contributed by atoms with Crippen LogP contribution in [0.4, 0.5) is 0 Å². The lowest BCUT2D eigenvalue weighted by Crippen LogP contribution is -2.11. The highest BCUT2D eigenvalue weighted by Gasteiger charge is 2.18. The predicted molar refractivity (Wildman–Crippen MR) is 156 cm³/mol. The zero-order chi connectivity index (χ0) is 25.9. The Balaban J connectivity index is 1.43. The first kappa shape index (κ1) is 22.5. The molecule has 3 heterocycles. The first-order valence-corrected chi connectivity index (χ1v) is 12.9. The molecular weight excluding hydrogens is 466 g/mol. The Morgan fingerprint density at radius 1 is 0.658 bits per heavy atom. The highest BCUT2D eigenvalue weighted by Crippen LogP contribution is 2.37. The lowest BCUT2D eigenvalue weighted by Gasteiger charge is -2.21. The molecule has 4 nitrogen and oxygen atoms in total. The van der Waals surface area contributed by atoms with Crippen LogP contribution in [0, 0.1) is 0 Å². The molecule has 0 N–H and O–H groups in total. The van der Waals surface area contributed by atoms with Gasteiger partial charge in [-0.1, -0.05) is 57.2 Å². The van der Waals surface area contributed by atoms with E-state index in [4.69, 9.17) is 9.72 Å². The van der Waals surface area contributed by atoms with Crippen LogP contribution in [0.3, 0.4) is 0 Å². The van der Waals surface area contributed by atoms with Gasteiger partial charge < -0.3 is 4.74 Å². The van der Waals surface area contributed by atoms with Crippen molar-refractivity contribution < 1.29 is 4.74 Å². The van der Waals surface area contributed by atoms with E-state index in [-0.39, 0.29) is 5.41 Å². The summed E-state index contributed by atoms with van der Waals surface area (Å²) >= 11 is 0. The number of nitrogens with zero attached hydrogens (tertiary/aromatic N) is 3. The summed E-state index contributed by atoms with van der Waals surface area (Å²) in [5, 5.41) is 3.42. The second kappa shape index (κ2) is 8.42. The van der Waals surface area contributed by atoms with Crippen LogP contribution in [-0.4, -0.2) is 14.4 Å². The standard InChI is InChI=1S/C34H27N3O/c1-34(2,3)23-18-22(29-11-8-9-17-35-29)19-25(20-23)38-24-15-16-26-27-10-4-6-13-31(27)37-32-14-7-5-12-30(32)36-33(37)28(26)21-24/h4-21H,1-3H3. The van der Waals surface area contributed by atoms with Crippen LogP contribution in [0.25, 0.3) is 49.6 Å². The molecule has 0 aliphatic carbocycles. The maximum absolute atomic E-state index is 6.55. The molecule has 7 rings (SSSR count). The van der Waals surface area contributed by atoms with E-state index in [0.29, 0.717) is 0 Å². The zero-order valence-corrected chi connectivity index (χ0v) is 21.6. The minimum absolute atomic E-state index is 0.0344. The van der Waals surface area contributed by atoms with Crippen molar-refractivity contribution in [2.45, 2.75) is 26.2 Å². The van der Waals surface area contributed by atoms with E-state index in [9.17, 15) is 0 Å². The lowest BCUT2D eigenvalue weighted by atomic mass is 9.85. The second-order valence-corrected chi connectivity index (χ2v) is 10.8. The van der Waals surface area contributed by atoms with Gasteiger partial charge in [0.25, 0.3) is 0 Å². The van der Waals surface area contributed by atoms with Gasteiger partial charge in [0.1, 0.15) is 17.1 Å². The van der Waals surface area contributed by atoms with Gasteiger partial charge in [0.2, 0.25) is 0 Å². The van der Waals surface area contributed by atoms with Crippen molar-refractivity contribution in [1.82, 2.24) is 14.4 Å². The summed E-state index contributed by atoms with van der Waals surface area (Å²) < 4.78 is 8.81. The Bertz CT molecular complexity index is 1980. The smallest absolute Gasteiger partial charge is 0.146 e. The van der Waals surface area contributed by atoms with Crippen LogP contribution in [-0.2, 0) is 5.41 Å². The molecule has 0 atom stereocenters. The van der Waals surface area contributed by atoms with Crippen LogP contribution in [0.1, 0.15) is 26.3 Å². The predicted octanol–water partition coefficient (Wildman–Crippen LogP) is 8.95. The Labute approximate surface area is 221 Å². The fourth-order valence-corrected chi connectivity index (χ4v) is 5.26. The first-order chi connectivity index (χ1) is 18.5. The Hall–Kier alpha value is -4.70. The van der Waals surface area contributed by atoms with Crippen molar-refractivity contribution in [3.63, 3.8) is 0 Å². The van der Waals surface area contributed by atoms with Gasteiger partial charge in [0.05, 0.1) is 22.2 Å². The number of hydrogen-bond donors (Lipinski definition) is 0. The van der Waals surface area contributed by atoms with Gasteiger partial charge in [-0.3, -0.25) is 9.38 Å². The number of imidazole rings is 1. The fraction of sp³-hybridized carbons (Fsp3) is 0.118. The summed E-state index contributed by atoms with van der Waals surface area (Å²) in [6, 6.07) is 35.5. The molecule has 3 aromatic heterocycles.